The van der Waals surface area contributed by atoms with Crippen molar-refractivity contribution in [3.8, 4) is 5.75 Å². The molecule has 0 amide bonds. The fourth-order valence-corrected chi connectivity index (χ4v) is 2.63. The van der Waals surface area contributed by atoms with Crippen LogP contribution in [0.2, 0.25) is 0 Å². The minimum Gasteiger partial charge on any atom is -0.494 e. The topological polar surface area (TPSA) is 30.5 Å². The number of nitrogens with one attached hydrogen (secondary N) is 1. The van der Waals surface area contributed by atoms with Gasteiger partial charge in [-0.15, -0.1) is 0 Å². The van der Waals surface area contributed by atoms with E-state index in [4.69, 9.17) is 9.47 Å². The maximum atomic E-state index is 5.88. The molecule has 1 aromatic carbocycles. The van der Waals surface area contributed by atoms with Crippen LogP contribution >= 0.6 is 0 Å². The maximum absolute atomic E-state index is 5.88. The smallest absolute Gasteiger partial charge is 0.124 e. The molecule has 1 aliphatic rings. The van der Waals surface area contributed by atoms with Gasteiger partial charge in [-0.3, -0.25) is 0 Å². The molecule has 19 heavy (non-hydrogen) atoms. The van der Waals surface area contributed by atoms with Gasteiger partial charge in [-0.1, -0.05) is 25.1 Å². The Balaban J connectivity index is 2.20. The summed E-state index contributed by atoms with van der Waals surface area (Å²) in [5, 5.41) is 3.62. The van der Waals surface area contributed by atoms with Crippen molar-refractivity contribution in [2.45, 2.75) is 45.3 Å². The molecule has 1 heterocycles. The largest absolute Gasteiger partial charge is 0.494 e. The van der Waals surface area contributed by atoms with Crippen LogP contribution in [0.25, 0.3) is 0 Å². The summed E-state index contributed by atoms with van der Waals surface area (Å²) < 4.78 is 11.6. The zero-order valence-electron chi connectivity index (χ0n) is 12.0. The lowest BCUT2D eigenvalue weighted by Gasteiger charge is -2.26. The van der Waals surface area contributed by atoms with E-state index in [1.54, 1.807) is 0 Å². The van der Waals surface area contributed by atoms with Crippen LogP contribution in [0.1, 0.15) is 44.7 Å². The molecule has 1 N–H and O–H groups in total. The molecular weight excluding hydrogens is 238 g/mol. The van der Waals surface area contributed by atoms with Crippen LogP contribution in [0.15, 0.2) is 24.3 Å². The second-order valence-electron chi connectivity index (χ2n) is 4.95. The lowest BCUT2D eigenvalue weighted by atomic mass is 9.98. The SMILES string of the molecule is CCCNC(c1ccccc1OCC)C1CCCO1. The van der Waals surface area contributed by atoms with Gasteiger partial charge in [0.25, 0.3) is 0 Å². The van der Waals surface area contributed by atoms with Crippen molar-refractivity contribution in [2.24, 2.45) is 0 Å². The third-order valence-corrected chi connectivity index (χ3v) is 3.50. The van der Waals surface area contributed by atoms with Crippen molar-refractivity contribution in [1.29, 1.82) is 0 Å². The molecule has 0 saturated carbocycles. The molecule has 1 aliphatic heterocycles. The first-order valence-corrected chi connectivity index (χ1v) is 7.43. The average molecular weight is 263 g/mol. The molecule has 0 bridgehead atoms. The quantitative estimate of drug-likeness (QED) is 0.818. The van der Waals surface area contributed by atoms with Gasteiger partial charge in [-0.25, -0.2) is 0 Å². The zero-order chi connectivity index (χ0) is 13.5. The number of hydrogen-bond acceptors (Lipinski definition) is 3. The Hall–Kier alpha value is -1.06. The highest BCUT2D eigenvalue weighted by molar-refractivity contribution is 5.36. The normalized spacial score (nSPS) is 20.4. The van der Waals surface area contributed by atoms with E-state index < -0.39 is 0 Å². The number of ether oxygens (including phenoxy) is 2. The molecule has 1 saturated heterocycles. The fourth-order valence-electron chi connectivity index (χ4n) is 2.63. The van der Waals surface area contributed by atoms with E-state index in [-0.39, 0.29) is 12.1 Å². The predicted molar refractivity (Wildman–Crippen MR) is 77.6 cm³/mol. The van der Waals surface area contributed by atoms with Crippen molar-refractivity contribution >= 4 is 0 Å². The van der Waals surface area contributed by atoms with E-state index in [1.165, 1.54) is 5.56 Å². The van der Waals surface area contributed by atoms with E-state index in [1.807, 2.05) is 13.0 Å². The highest BCUT2D eigenvalue weighted by atomic mass is 16.5. The molecule has 0 radical (unpaired) electrons. The van der Waals surface area contributed by atoms with Gasteiger partial charge in [0.05, 0.1) is 18.8 Å². The summed E-state index contributed by atoms with van der Waals surface area (Å²) in [6.07, 6.45) is 3.68. The van der Waals surface area contributed by atoms with Crippen LogP contribution in [0.4, 0.5) is 0 Å². The molecule has 3 heteroatoms. The van der Waals surface area contributed by atoms with Crippen LogP contribution in [0, 0.1) is 0 Å². The molecule has 106 valence electrons. The zero-order valence-corrected chi connectivity index (χ0v) is 12.0. The van der Waals surface area contributed by atoms with Crippen LogP contribution in [0.3, 0.4) is 0 Å². The second kappa shape index (κ2) is 7.51. The molecule has 2 rings (SSSR count). The average Bonchev–Trinajstić information content (AvgIpc) is 2.95. The number of para-hydroxylation sites is 1. The molecule has 2 unspecified atom stereocenters. The molecule has 0 spiro atoms. The number of benzene rings is 1. The van der Waals surface area contributed by atoms with Gasteiger partial charge in [0.2, 0.25) is 0 Å². The molecule has 1 fully saturated rings. The molecule has 2 atom stereocenters. The van der Waals surface area contributed by atoms with Gasteiger partial charge in [0.1, 0.15) is 5.75 Å². The predicted octanol–water partition coefficient (Wildman–Crippen LogP) is 3.31. The third-order valence-electron chi connectivity index (χ3n) is 3.50. The minimum atomic E-state index is 0.241. The lowest BCUT2D eigenvalue weighted by Crippen LogP contribution is -2.32. The molecule has 0 aromatic heterocycles. The van der Waals surface area contributed by atoms with Crippen molar-refractivity contribution in [3.63, 3.8) is 0 Å². The fraction of sp³-hybridized carbons (Fsp3) is 0.625. The highest BCUT2D eigenvalue weighted by Crippen LogP contribution is 2.32. The van der Waals surface area contributed by atoms with E-state index in [0.29, 0.717) is 6.61 Å². The summed E-state index contributed by atoms with van der Waals surface area (Å²) in [6.45, 7) is 6.80. The summed E-state index contributed by atoms with van der Waals surface area (Å²) in [7, 11) is 0. The van der Waals surface area contributed by atoms with Gasteiger partial charge in [-0.2, -0.15) is 0 Å². The van der Waals surface area contributed by atoms with Gasteiger partial charge < -0.3 is 14.8 Å². The van der Waals surface area contributed by atoms with Crippen LogP contribution in [0.5, 0.6) is 5.75 Å². The summed E-state index contributed by atoms with van der Waals surface area (Å²) in [5.74, 6) is 0.981. The second-order valence-corrected chi connectivity index (χ2v) is 4.95. The monoisotopic (exact) mass is 263 g/mol. The first-order valence-electron chi connectivity index (χ1n) is 7.43. The Bertz CT molecular complexity index is 375. The molecular formula is C16H25NO2. The van der Waals surface area contributed by atoms with E-state index >= 15 is 0 Å². The standard InChI is InChI=1S/C16H25NO2/c1-3-11-17-16(15-10-7-12-19-15)13-8-5-6-9-14(13)18-4-2/h5-6,8-9,15-17H,3-4,7,10-12H2,1-2H3. The van der Waals surface area contributed by atoms with Crippen molar-refractivity contribution < 1.29 is 9.47 Å². The Labute approximate surface area is 116 Å². The number of hydrogen-bond donors (Lipinski definition) is 1. The molecule has 1 aromatic rings. The van der Waals surface area contributed by atoms with Crippen LogP contribution in [-0.2, 0) is 4.74 Å². The summed E-state index contributed by atoms with van der Waals surface area (Å²) in [4.78, 5) is 0. The lowest BCUT2D eigenvalue weighted by molar-refractivity contribution is 0.0772. The highest BCUT2D eigenvalue weighted by Gasteiger charge is 2.28. The van der Waals surface area contributed by atoms with Crippen molar-refractivity contribution in [2.75, 3.05) is 19.8 Å². The van der Waals surface area contributed by atoms with Crippen molar-refractivity contribution in [1.82, 2.24) is 5.32 Å². The molecule has 0 aliphatic carbocycles. The van der Waals surface area contributed by atoms with E-state index in [2.05, 4.69) is 30.4 Å². The van der Waals surface area contributed by atoms with E-state index in [0.717, 1.165) is 38.2 Å². The molecule has 3 nitrogen and oxygen atoms in total. The third kappa shape index (κ3) is 3.71. The Morgan fingerprint density at radius 3 is 2.89 bits per heavy atom. The van der Waals surface area contributed by atoms with Gasteiger partial charge in [-0.05, 0) is 38.8 Å². The van der Waals surface area contributed by atoms with Gasteiger partial charge in [0, 0.05) is 12.2 Å². The van der Waals surface area contributed by atoms with Gasteiger partial charge >= 0.3 is 0 Å². The summed E-state index contributed by atoms with van der Waals surface area (Å²) in [6, 6.07) is 8.55. The Kier molecular flexibility index (Phi) is 5.67. The summed E-state index contributed by atoms with van der Waals surface area (Å²) in [5.41, 5.74) is 1.23. The summed E-state index contributed by atoms with van der Waals surface area (Å²) >= 11 is 0. The maximum Gasteiger partial charge on any atom is 0.124 e. The minimum absolute atomic E-state index is 0.241. The van der Waals surface area contributed by atoms with E-state index in [9.17, 15) is 0 Å². The first kappa shape index (κ1) is 14.4. The van der Waals surface area contributed by atoms with Crippen LogP contribution < -0.4 is 10.1 Å². The Morgan fingerprint density at radius 2 is 2.21 bits per heavy atom. The number of rotatable bonds is 7. The van der Waals surface area contributed by atoms with Crippen LogP contribution in [-0.4, -0.2) is 25.9 Å². The first-order chi connectivity index (χ1) is 9.36. The Morgan fingerprint density at radius 1 is 1.37 bits per heavy atom. The van der Waals surface area contributed by atoms with Crippen molar-refractivity contribution in [3.05, 3.63) is 29.8 Å². The van der Waals surface area contributed by atoms with Gasteiger partial charge in [0.15, 0.2) is 0 Å².